The summed E-state index contributed by atoms with van der Waals surface area (Å²) in [7, 11) is 0. The molecule has 1 saturated heterocycles. The van der Waals surface area contributed by atoms with Crippen LogP contribution < -0.4 is 16.0 Å². The summed E-state index contributed by atoms with van der Waals surface area (Å²) in [5.74, 6) is 0.184. The van der Waals surface area contributed by atoms with Gasteiger partial charge in [-0.2, -0.15) is 0 Å². The summed E-state index contributed by atoms with van der Waals surface area (Å²) in [4.78, 5) is 11.7. The maximum absolute atomic E-state index is 11.7. The standard InChI is InChI=1S/C12H16N3O/c16-10-6-3-5-8-11(10)15-12(14-8)9-4-1-2-7-13-9/h3,5,9,12,14-15H,1-2,4,6-7H2. The molecule has 2 unspecified atom stereocenters. The Balaban J connectivity index is 1.70. The minimum atomic E-state index is 0.122. The molecule has 3 aliphatic rings. The largest absolute Gasteiger partial charge is 0.362 e. The van der Waals surface area contributed by atoms with Crippen molar-refractivity contribution in [3.63, 3.8) is 0 Å². The first-order chi connectivity index (χ1) is 7.84. The zero-order valence-electron chi connectivity index (χ0n) is 9.20. The summed E-state index contributed by atoms with van der Waals surface area (Å²) < 4.78 is 0. The van der Waals surface area contributed by atoms with Gasteiger partial charge in [-0.05, 0) is 18.9 Å². The summed E-state index contributed by atoms with van der Waals surface area (Å²) in [5.41, 5.74) is 1.70. The minimum Gasteiger partial charge on any atom is -0.362 e. The van der Waals surface area contributed by atoms with Crippen molar-refractivity contribution in [3.8, 4) is 0 Å². The highest BCUT2D eigenvalue weighted by atomic mass is 16.1. The Morgan fingerprint density at radius 1 is 1.31 bits per heavy atom. The highest BCUT2D eigenvalue weighted by Gasteiger charge is 2.33. The number of piperidine rings is 1. The van der Waals surface area contributed by atoms with Gasteiger partial charge in [-0.3, -0.25) is 4.79 Å². The van der Waals surface area contributed by atoms with Gasteiger partial charge in [0.15, 0.2) is 5.78 Å². The van der Waals surface area contributed by atoms with E-state index in [9.17, 15) is 4.79 Å². The Morgan fingerprint density at radius 3 is 3.00 bits per heavy atom. The number of hydrogen-bond donors (Lipinski definition) is 2. The Kier molecular flexibility index (Phi) is 2.44. The quantitative estimate of drug-likeness (QED) is 0.670. The van der Waals surface area contributed by atoms with Gasteiger partial charge in [0.05, 0.1) is 11.7 Å². The maximum atomic E-state index is 11.7. The van der Waals surface area contributed by atoms with E-state index in [2.05, 4.69) is 16.0 Å². The number of ketones is 1. The van der Waals surface area contributed by atoms with Crippen LogP contribution in [0.15, 0.2) is 23.5 Å². The molecule has 1 radical (unpaired) electrons. The number of Topliss-reactive ketones (excluding diaryl/α,β-unsaturated/α-hetero) is 1. The predicted molar refractivity (Wildman–Crippen MR) is 60.5 cm³/mol. The Labute approximate surface area is 95.2 Å². The number of nitrogens with zero attached hydrogens (tertiary/aromatic N) is 1. The van der Waals surface area contributed by atoms with Crippen LogP contribution in [-0.2, 0) is 4.79 Å². The number of nitrogens with one attached hydrogen (secondary N) is 2. The van der Waals surface area contributed by atoms with Crippen molar-refractivity contribution < 1.29 is 4.79 Å². The van der Waals surface area contributed by atoms with Crippen LogP contribution in [0.2, 0.25) is 0 Å². The molecule has 0 aromatic rings. The van der Waals surface area contributed by atoms with Crippen molar-refractivity contribution in [2.45, 2.75) is 37.9 Å². The number of hydrogen-bond acceptors (Lipinski definition) is 3. The molecule has 0 bridgehead atoms. The van der Waals surface area contributed by atoms with Crippen molar-refractivity contribution in [1.29, 1.82) is 0 Å². The molecule has 16 heavy (non-hydrogen) atoms. The molecule has 1 aliphatic carbocycles. The molecule has 0 aromatic carbocycles. The molecule has 4 nitrogen and oxygen atoms in total. The summed E-state index contributed by atoms with van der Waals surface area (Å²) in [5, 5.41) is 11.3. The number of rotatable bonds is 1. The van der Waals surface area contributed by atoms with E-state index < -0.39 is 0 Å². The van der Waals surface area contributed by atoms with Gasteiger partial charge < -0.3 is 10.6 Å². The van der Waals surface area contributed by atoms with Crippen LogP contribution in [0.25, 0.3) is 0 Å². The molecule has 0 amide bonds. The molecule has 2 atom stereocenters. The third-order valence-corrected chi connectivity index (χ3v) is 3.40. The zero-order chi connectivity index (χ0) is 11.0. The van der Waals surface area contributed by atoms with Gasteiger partial charge in [0.2, 0.25) is 0 Å². The molecule has 85 valence electrons. The molecule has 0 spiro atoms. The molecule has 2 aliphatic heterocycles. The van der Waals surface area contributed by atoms with E-state index in [-0.39, 0.29) is 11.9 Å². The molecular formula is C12H16N3O. The second-order valence-electron chi connectivity index (χ2n) is 4.55. The van der Waals surface area contributed by atoms with Crippen LogP contribution in [0, 0.1) is 0 Å². The first-order valence-corrected chi connectivity index (χ1v) is 5.98. The smallest absolute Gasteiger partial charge is 0.184 e. The number of carbonyl (C=O) groups is 1. The van der Waals surface area contributed by atoms with Crippen LogP contribution in [-0.4, -0.2) is 24.5 Å². The van der Waals surface area contributed by atoms with E-state index >= 15 is 0 Å². The van der Waals surface area contributed by atoms with Gasteiger partial charge in [0.25, 0.3) is 0 Å². The van der Waals surface area contributed by atoms with E-state index in [0.717, 1.165) is 24.4 Å². The van der Waals surface area contributed by atoms with Gasteiger partial charge in [-0.1, -0.05) is 12.5 Å². The normalized spacial score (nSPS) is 33.4. The summed E-state index contributed by atoms with van der Waals surface area (Å²) in [6.07, 6.45) is 8.10. The van der Waals surface area contributed by atoms with Crippen LogP contribution in [0.3, 0.4) is 0 Å². The van der Waals surface area contributed by atoms with Crippen molar-refractivity contribution in [3.05, 3.63) is 23.5 Å². The topological polar surface area (TPSA) is 55.2 Å². The fourth-order valence-electron chi connectivity index (χ4n) is 2.54. The Hall–Kier alpha value is -1.29. The number of carbonyl (C=O) groups excluding carboxylic acids is 1. The first kappa shape index (κ1) is 9.90. The highest BCUT2D eigenvalue weighted by Crippen LogP contribution is 2.21. The number of allylic oxidation sites excluding steroid dienone is 3. The fraction of sp³-hybridized carbons (Fsp3) is 0.583. The second kappa shape index (κ2) is 3.94. The van der Waals surface area contributed by atoms with E-state index in [0.29, 0.717) is 12.5 Å². The first-order valence-electron chi connectivity index (χ1n) is 5.98. The average molecular weight is 218 g/mol. The van der Waals surface area contributed by atoms with Crippen molar-refractivity contribution in [2.75, 3.05) is 6.54 Å². The summed E-state index contributed by atoms with van der Waals surface area (Å²) >= 11 is 0. The molecular weight excluding hydrogens is 202 g/mol. The molecule has 4 heteroatoms. The van der Waals surface area contributed by atoms with Gasteiger partial charge in [-0.25, -0.2) is 5.32 Å². The fourth-order valence-corrected chi connectivity index (χ4v) is 2.54. The zero-order valence-corrected chi connectivity index (χ0v) is 9.20. The molecule has 0 saturated carbocycles. The van der Waals surface area contributed by atoms with Crippen molar-refractivity contribution in [2.24, 2.45) is 0 Å². The van der Waals surface area contributed by atoms with Gasteiger partial charge in [-0.15, -0.1) is 0 Å². The molecule has 0 aromatic heterocycles. The van der Waals surface area contributed by atoms with Crippen molar-refractivity contribution >= 4 is 5.78 Å². The van der Waals surface area contributed by atoms with Crippen molar-refractivity contribution in [1.82, 2.24) is 16.0 Å². The molecule has 2 N–H and O–H groups in total. The molecule has 3 rings (SSSR count). The van der Waals surface area contributed by atoms with E-state index in [1.54, 1.807) is 0 Å². The monoisotopic (exact) mass is 218 g/mol. The van der Waals surface area contributed by atoms with Crippen LogP contribution in [0.4, 0.5) is 0 Å². The third-order valence-electron chi connectivity index (χ3n) is 3.40. The summed E-state index contributed by atoms with van der Waals surface area (Å²) in [6, 6.07) is 0.306. The molecule has 2 heterocycles. The van der Waals surface area contributed by atoms with Crippen LogP contribution >= 0.6 is 0 Å². The second-order valence-corrected chi connectivity index (χ2v) is 4.55. The lowest BCUT2D eigenvalue weighted by atomic mass is 10.0. The van der Waals surface area contributed by atoms with Gasteiger partial charge >= 0.3 is 0 Å². The third kappa shape index (κ3) is 1.63. The predicted octanol–water partition coefficient (Wildman–Crippen LogP) is 0.403. The van der Waals surface area contributed by atoms with E-state index in [1.165, 1.54) is 12.8 Å². The van der Waals surface area contributed by atoms with E-state index in [4.69, 9.17) is 0 Å². The lowest BCUT2D eigenvalue weighted by Gasteiger charge is -2.28. The van der Waals surface area contributed by atoms with E-state index in [1.807, 2.05) is 12.2 Å². The Bertz CT molecular complexity index is 366. The lowest BCUT2D eigenvalue weighted by molar-refractivity contribution is -0.115. The highest BCUT2D eigenvalue weighted by molar-refractivity contribution is 5.98. The minimum absolute atomic E-state index is 0.122. The average Bonchev–Trinajstić information content (AvgIpc) is 2.76. The molecule has 1 fully saturated rings. The maximum Gasteiger partial charge on any atom is 0.184 e. The summed E-state index contributed by atoms with van der Waals surface area (Å²) in [6.45, 7) is 0.957. The van der Waals surface area contributed by atoms with Crippen LogP contribution in [0.5, 0.6) is 0 Å². The lowest BCUT2D eigenvalue weighted by Crippen LogP contribution is -2.50. The SMILES string of the molecule is O=C1CC=CC2=C1NC(C1CCCC[N]1)N2. The van der Waals surface area contributed by atoms with Gasteiger partial charge in [0.1, 0.15) is 11.9 Å². The Morgan fingerprint density at radius 2 is 2.25 bits per heavy atom. The van der Waals surface area contributed by atoms with Crippen LogP contribution in [0.1, 0.15) is 25.7 Å². The van der Waals surface area contributed by atoms with Gasteiger partial charge in [0, 0.05) is 13.0 Å².